The van der Waals surface area contributed by atoms with Gasteiger partial charge in [0.15, 0.2) is 5.17 Å². The topological polar surface area (TPSA) is 116 Å². The molecule has 0 unspecified atom stereocenters. The fraction of sp³-hybridized carbons (Fsp3) is 0.800. The van der Waals surface area contributed by atoms with Gasteiger partial charge in [-0.15, -0.1) is 0 Å². The van der Waals surface area contributed by atoms with Crippen LogP contribution in [0.1, 0.15) is 12.8 Å². The number of hydrogen-bond donors (Lipinski definition) is 5. The smallest absolute Gasteiger partial charge is 0.426 e. The van der Waals surface area contributed by atoms with Gasteiger partial charge in [-0.3, -0.25) is 5.41 Å². The molecule has 0 rings (SSSR count). The third kappa shape index (κ3) is 6.47. The number of rotatable bonds is 5. The van der Waals surface area contributed by atoms with Gasteiger partial charge in [0, 0.05) is 11.7 Å². The van der Waals surface area contributed by atoms with Crippen molar-refractivity contribution in [2.45, 2.75) is 18.8 Å². The van der Waals surface area contributed by atoms with Crippen LogP contribution >= 0.6 is 11.8 Å². The highest BCUT2D eigenvalue weighted by Gasteiger charge is 2.17. The Balaban J connectivity index is 3.25. The molecule has 0 bridgehead atoms. The summed E-state index contributed by atoms with van der Waals surface area (Å²) in [6.07, 6.45) is 1.25. The summed E-state index contributed by atoms with van der Waals surface area (Å²) in [5, 5.41) is 24.1. The van der Waals surface area contributed by atoms with E-state index in [1.165, 1.54) is 11.8 Å². The summed E-state index contributed by atoms with van der Waals surface area (Å²) in [7, 11) is -1.45. The van der Waals surface area contributed by atoms with E-state index in [-0.39, 0.29) is 5.17 Å². The zero-order valence-electron chi connectivity index (χ0n) is 6.73. The van der Waals surface area contributed by atoms with Gasteiger partial charge in [0.25, 0.3) is 0 Å². The Morgan fingerprint density at radius 1 is 1.58 bits per heavy atom. The molecular formula is C5H14BN3O2S. The molecule has 0 aliphatic rings. The molecule has 0 spiro atoms. The molecule has 0 fully saturated rings. The fourth-order valence-electron chi connectivity index (χ4n) is 0.650. The van der Waals surface area contributed by atoms with Crippen LogP contribution in [0.15, 0.2) is 0 Å². The van der Waals surface area contributed by atoms with Crippen LogP contribution in [0.3, 0.4) is 0 Å². The molecule has 0 saturated carbocycles. The summed E-state index contributed by atoms with van der Waals surface area (Å²) < 4.78 is 0. The Morgan fingerprint density at radius 3 is 2.58 bits per heavy atom. The Hall–Kier alpha value is -0.235. The first-order valence-electron chi connectivity index (χ1n) is 3.62. The first kappa shape index (κ1) is 11.8. The number of nitrogens with two attached hydrogens (primary N) is 2. The van der Waals surface area contributed by atoms with Crippen LogP contribution < -0.4 is 11.5 Å². The van der Waals surface area contributed by atoms with Crippen molar-refractivity contribution >= 4 is 24.0 Å². The number of thioether (sulfide) groups is 1. The molecule has 0 heterocycles. The molecule has 0 aromatic carbocycles. The molecule has 0 amide bonds. The Morgan fingerprint density at radius 2 is 2.17 bits per heavy atom. The van der Waals surface area contributed by atoms with Crippen LogP contribution in [0, 0.1) is 5.41 Å². The highest BCUT2D eigenvalue weighted by Crippen LogP contribution is 2.04. The lowest BCUT2D eigenvalue weighted by molar-refractivity contribution is 0.382. The summed E-state index contributed by atoms with van der Waals surface area (Å²) in [5.41, 5.74) is 10.4. The monoisotopic (exact) mass is 191 g/mol. The number of amidine groups is 1. The van der Waals surface area contributed by atoms with Crippen molar-refractivity contribution in [1.82, 2.24) is 0 Å². The minimum absolute atomic E-state index is 0.0770. The lowest BCUT2D eigenvalue weighted by atomic mass is 9.78. The van der Waals surface area contributed by atoms with Crippen molar-refractivity contribution < 1.29 is 10.0 Å². The highest BCUT2D eigenvalue weighted by molar-refractivity contribution is 8.13. The van der Waals surface area contributed by atoms with Gasteiger partial charge in [0.2, 0.25) is 0 Å². The van der Waals surface area contributed by atoms with E-state index in [2.05, 4.69) is 0 Å². The van der Waals surface area contributed by atoms with Gasteiger partial charge in [0.1, 0.15) is 0 Å². The van der Waals surface area contributed by atoms with E-state index in [0.717, 1.165) is 6.42 Å². The lowest BCUT2D eigenvalue weighted by Gasteiger charge is -2.08. The molecule has 0 saturated heterocycles. The van der Waals surface area contributed by atoms with Crippen LogP contribution in [0.5, 0.6) is 0 Å². The standard InChI is InChI=1S/C5H14BN3O2S/c7-4(6(10)11)2-1-3-12-5(8)9/h4,10-11H,1-3,7H2,(H3,8,9)/t4-/m1/s1. The summed E-state index contributed by atoms with van der Waals surface area (Å²) in [4.78, 5) is 0. The Labute approximate surface area is 76.2 Å². The second-order valence-corrected chi connectivity index (χ2v) is 3.57. The maximum Gasteiger partial charge on any atom is 0.469 e. The molecule has 0 radical (unpaired) electrons. The SMILES string of the molecule is N=C(N)SCCC[C@@H](N)B(O)O. The molecule has 7 N–H and O–H groups in total. The van der Waals surface area contributed by atoms with E-state index in [0.29, 0.717) is 12.2 Å². The minimum atomic E-state index is -1.45. The first-order chi connectivity index (χ1) is 5.54. The molecule has 0 aliphatic heterocycles. The summed E-state index contributed by atoms with van der Waals surface area (Å²) in [6.45, 7) is 0. The molecule has 0 aromatic rings. The van der Waals surface area contributed by atoms with Crippen LogP contribution in [0.25, 0.3) is 0 Å². The van der Waals surface area contributed by atoms with Crippen molar-refractivity contribution in [3.05, 3.63) is 0 Å². The van der Waals surface area contributed by atoms with Gasteiger partial charge in [-0.25, -0.2) is 0 Å². The third-order valence-corrected chi connectivity index (χ3v) is 2.13. The Bertz CT molecular complexity index is 147. The maximum absolute atomic E-state index is 8.59. The molecule has 12 heavy (non-hydrogen) atoms. The zero-order valence-corrected chi connectivity index (χ0v) is 7.55. The van der Waals surface area contributed by atoms with Gasteiger partial charge in [-0.2, -0.15) is 0 Å². The van der Waals surface area contributed by atoms with Crippen LogP contribution in [0.4, 0.5) is 0 Å². The molecule has 0 aliphatic carbocycles. The van der Waals surface area contributed by atoms with Crippen molar-refractivity contribution in [2.24, 2.45) is 11.5 Å². The van der Waals surface area contributed by atoms with Crippen LogP contribution in [-0.4, -0.2) is 34.0 Å². The molecule has 70 valence electrons. The normalized spacial score (nSPS) is 12.6. The van der Waals surface area contributed by atoms with Crippen LogP contribution in [-0.2, 0) is 0 Å². The van der Waals surface area contributed by atoms with E-state index >= 15 is 0 Å². The summed E-state index contributed by atoms with van der Waals surface area (Å²) in [6, 6.07) is 0. The van der Waals surface area contributed by atoms with Crippen molar-refractivity contribution in [3.63, 3.8) is 0 Å². The molecule has 1 atom stereocenters. The summed E-state index contributed by atoms with van der Waals surface area (Å²) >= 11 is 1.23. The number of nitrogens with one attached hydrogen (secondary N) is 1. The van der Waals surface area contributed by atoms with E-state index < -0.39 is 13.1 Å². The predicted octanol–water partition coefficient (Wildman–Crippen LogP) is -1.27. The van der Waals surface area contributed by atoms with Crippen LogP contribution in [0.2, 0.25) is 0 Å². The average Bonchev–Trinajstić information content (AvgIpc) is 1.97. The second-order valence-electron chi connectivity index (χ2n) is 2.43. The van der Waals surface area contributed by atoms with Gasteiger partial charge in [-0.05, 0) is 12.8 Å². The largest absolute Gasteiger partial charge is 0.469 e. The Kier molecular flexibility index (Phi) is 6.18. The maximum atomic E-state index is 8.59. The van der Waals surface area contributed by atoms with Gasteiger partial charge in [-0.1, -0.05) is 11.8 Å². The van der Waals surface area contributed by atoms with E-state index in [1.807, 2.05) is 0 Å². The van der Waals surface area contributed by atoms with E-state index in [9.17, 15) is 0 Å². The van der Waals surface area contributed by atoms with Gasteiger partial charge in [0.05, 0.1) is 0 Å². The quantitative estimate of drug-likeness (QED) is 0.161. The zero-order chi connectivity index (χ0) is 9.56. The lowest BCUT2D eigenvalue weighted by Crippen LogP contribution is -2.38. The molecule has 0 aromatic heterocycles. The molecule has 5 nitrogen and oxygen atoms in total. The van der Waals surface area contributed by atoms with E-state index in [1.54, 1.807) is 0 Å². The second kappa shape index (κ2) is 6.30. The van der Waals surface area contributed by atoms with Crippen molar-refractivity contribution in [1.29, 1.82) is 5.41 Å². The molecular weight excluding hydrogens is 177 g/mol. The first-order valence-corrected chi connectivity index (χ1v) is 4.61. The average molecular weight is 191 g/mol. The van der Waals surface area contributed by atoms with Gasteiger partial charge >= 0.3 is 7.12 Å². The molecule has 7 heteroatoms. The third-order valence-electron chi connectivity index (χ3n) is 1.32. The van der Waals surface area contributed by atoms with E-state index in [4.69, 9.17) is 26.9 Å². The van der Waals surface area contributed by atoms with Gasteiger partial charge < -0.3 is 21.5 Å². The summed E-state index contributed by atoms with van der Waals surface area (Å²) in [5.74, 6) is 0.0907. The predicted molar refractivity (Wildman–Crippen MR) is 51.8 cm³/mol. The highest BCUT2D eigenvalue weighted by atomic mass is 32.2. The van der Waals surface area contributed by atoms with Crippen molar-refractivity contribution in [2.75, 3.05) is 5.75 Å². The fourth-order valence-corrected chi connectivity index (χ4v) is 1.18. The van der Waals surface area contributed by atoms with Crippen molar-refractivity contribution in [3.8, 4) is 0 Å². The number of hydrogen-bond acceptors (Lipinski definition) is 5. The minimum Gasteiger partial charge on any atom is -0.426 e.